The number of rotatable bonds is 6. The standard InChI is InChI=1S/C23H27ClN4O/c24-20-5-7-21(8-6-20)28(15-16-1-2-16)22(29)18-9-11-27(12-10-18)23-25-13-19(14-26-23)17-3-4-17/h5-8,13-14,16-18H,1-4,9-12,15H2. The van der Waals surface area contributed by atoms with Gasteiger partial charge in [-0.15, -0.1) is 0 Å². The number of hydrogen-bond acceptors (Lipinski definition) is 4. The first-order chi connectivity index (χ1) is 14.2. The van der Waals surface area contributed by atoms with Gasteiger partial charge < -0.3 is 9.80 Å². The van der Waals surface area contributed by atoms with Gasteiger partial charge in [0.25, 0.3) is 0 Å². The topological polar surface area (TPSA) is 49.3 Å². The molecular weight excluding hydrogens is 384 g/mol. The number of halogens is 1. The molecule has 1 saturated heterocycles. The first-order valence-corrected chi connectivity index (χ1v) is 11.2. The van der Waals surface area contributed by atoms with Crippen molar-refractivity contribution < 1.29 is 4.79 Å². The summed E-state index contributed by atoms with van der Waals surface area (Å²) in [4.78, 5) is 26.7. The second-order valence-corrected chi connectivity index (χ2v) is 9.16. The van der Waals surface area contributed by atoms with Crippen molar-refractivity contribution >= 4 is 29.1 Å². The fourth-order valence-electron chi connectivity index (χ4n) is 4.17. The van der Waals surface area contributed by atoms with Gasteiger partial charge in [0.1, 0.15) is 0 Å². The fourth-order valence-corrected chi connectivity index (χ4v) is 4.30. The Bertz CT molecular complexity index is 853. The number of nitrogens with zero attached hydrogens (tertiary/aromatic N) is 4. The molecule has 0 N–H and O–H groups in total. The average Bonchev–Trinajstić information content (AvgIpc) is 3.67. The lowest BCUT2D eigenvalue weighted by atomic mass is 9.95. The van der Waals surface area contributed by atoms with Crippen LogP contribution in [-0.2, 0) is 4.79 Å². The van der Waals surface area contributed by atoms with Crippen molar-refractivity contribution in [3.05, 3.63) is 47.2 Å². The molecule has 2 aromatic rings. The Morgan fingerprint density at radius 2 is 1.66 bits per heavy atom. The maximum Gasteiger partial charge on any atom is 0.230 e. The van der Waals surface area contributed by atoms with Gasteiger partial charge in [-0.1, -0.05) is 11.6 Å². The molecule has 152 valence electrons. The Balaban J connectivity index is 1.23. The predicted octanol–water partition coefficient (Wildman–Crippen LogP) is 4.67. The summed E-state index contributed by atoms with van der Waals surface area (Å²) in [6.07, 6.45) is 10.6. The van der Waals surface area contributed by atoms with E-state index in [-0.39, 0.29) is 11.8 Å². The van der Waals surface area contributed by atoms with E-state index >= 15 is 0 Å². The largest absolute Gasteiger partial charge is 0.341 e. The van der Waals surface area contributed by atoms with E-state index in [0.717, 1.165) is 44.1 Å². The van der Waals surface area contributed by atoms with Crippen LogP contribution in [0.2, 0.25) is 5.02 Å². The van der Waals surface area contributed by atoms with Crippen LogP contribution >= 0.6 is 11.6 Å². The molecule has 1 aromatic heterocycles. The summed E-state index contributed by atoms with van der Waals surface area (Å²) >= 11 is 6.05. The highest BCUT2D eigenvalue weighted by Crippen LogP contribution is 2.39. The summed E-state index contributed by atoms with van der Waals surface area (Å²) in [6.45, 7) is 2.49. The molecule has 2 aliphatic carbocycles. The van der Waals surface area contributed by atoms with Gasteiger partial charge in [-0.25, -0.2) is 9.97 Å². The smallest absolute Gasteiger partial charge is 0.230 e. The van der Waals surface area contributed by atoms with E-state index in [9.17, 15) is 4.79 Å². The Hall–Kier alpha value is -2.14. The number of aromatic nitrogens is 2. The Morgan fingerprint density at radius 3 is 2.24 bits per heavy atom. The SMILES string of the molecule is O=C(C1CCN(c2ncc(C3CC3)cn2)CC1)N(CC1CC1)c1ccc(Cl)cc1. The summed E-state index contributed by atoms with van der Waals surface area (Å²) in [5.74, 6) is 2.44. The van der Waals surface area contributed by atoms with Crippen molar-refractivity contribution in [1.29, 1.82) is 0 Å². The van der Waals surface area contributed by atoms with E-state index in [2.05, 4.69) is 14.9 Å². The van der Waals surface area contributed by atoms with Crippen molar-refractivity contribution in [2.75, 3.05) is 29.4 Å². The monoisotopic (exact) mass is 410 g/mol. The highest BCUT2D eigenvalue weighted by molar-refractivity contribution is 6.30. The second kappa shape index (κ2) is 7.94. The quantitative estimate of drug-likeness (QED) is 0.694. The van der Waals surface area contributed by atoms with Crippen LogP contribution in [0.1, 0.15) is 50.0 Å². The summed E-state index contributed by atoms with van der Waals surface area (Å²) < 4.78 is 0. The number of anilines is 2. The molecule has 3 fully saturated rings. The minimum atomic E-state index is 0.0615. The third kappa shape index (κ3) is 4.40. The van der Waals surface area contributed by atoms with Gasteiger partial charge in [-0.2, -0.15) is 0 Å². The fraction of sp³-hybridized carbons (Fsp3) is 0.522. The van der Waals surface area contributed by atoms with Crippen LogP contribution in [0.25, 0.3) is 0 Å². The van der Waals surface area contributed by atoms with Crippen LogP contribution in [0.3, 0.4) is 0 Å². The highest BCUT2D eigenvalue weighted by atomic mass is 35.5. The van der Waals surface area contributed by atoms with Crippen LogP contribution in [0.4, 0.5) is 11.6 Å². The summed E-state index contributed by atoms with van der Waals surface area (Å²) in [7, 11) is 0. The average molecular weight is 411 g/mol. The molecule has 2 heterocycles. The highest BCUT2D eigenvalue weighted by Gasteiger charge is 2.33. The van der Waals surface area contributed by atoms with Crippen molar-refractivity contribution in [1.82, 2.24) is 9.97 Å². The molecule has 5 rings (SSSR count). The molecule has 0 spiro atoms. The molecule has 1 aromatic carbocycles. The molecule has 0 bridgehead atoms. The minimum Gasteiger partial charge on any atom is -0.341 e. The number of benzene rings is 1. The first-order valence-electron chi connectivity index (χ1n) is 10.8. The zero-order chi connectivity index (χ0) is 19.8. The summed E-state index contributed by atoms with van der Waals surface area (Å²) in [5, 5.41) is 0.702. The van der Waals surface area contributed by atoms with E-state index in [0.29, 0.717) is 16.9 Å². The molecule has 3 aliphatic rings. The van der Waals surface area contributed by atoms with E-state index in [1.807, 2.05) is 41.6 Å². The van der Waals surface area contributed by atoms with E-state index in [1.165, 1.54) is 31.2 Å². The van der Waals surface area contributed by atoms with Gasteiger partial charge in [0, 0.05) is 48.7 Å². The lowest BCUT2D eigenvalue weighted by Gasteiger charge is -2.34. The lowest BCUT2D eigenvalue weighted by molar-refractivity contribution is -0.123. The van der Waals surface area contributed by atoms with E-state index in [4.69, 9.17) is 11.6 Å². The van der Waals surface area contributed by atoms with Crippen molar-refractivity contribution in [3.8, 4) is 0 Å². The van der Waals surface area contributed by atoms with Crippen LogP contribution in [0.15, 0.2) is 36.7 Å². The van der Waals surface area contributed by atoms with Crippen molar-refractivity contribution in [3.63, 3.8) is 0 Å². The van der Waals surface area contributed by atoms with Gasteiger partial charge in [-0.3, -0.25) is 4.79 Å². The molecule has 0 atom stereocenters. The Morgan fingerprint density at radius 1 is 1.00 bits per heavy atom. The van der Waals surface area contributed by atoms with Crippen LogP contribution in [0, 0.1) is 11.8 Å². The van der Waals surface area contributed by atoms with Gasteiger partial charge in [0.05, 0.1) is 0 Å². The van der Waals surface area contributed by atoms with Gasteiger partial charge >= 0.3 is 0 Å². The van der Waals surface area contributed by atoms with Crippen LogP contribution in [0.5, 0.6) is 0 Å². The zero-order valence-corrected chi connectivity index (χ0v) is 17.4. The molecule has 6 heteroatoms. The van der Waals surface area contributed by atoms with Gasteiger partial charge in [0.15, 0.2) is 0 Å². The van der Waals surface area contributed by atoms with Crippen LogP contribution < -0.4 is 9.80 Å². The molecule has 5 nitrogen and oxygen atoms in total. The Kier molecular flexibility index (Phi) is 5.17. The Labute approximate surface area is 177 Å². The third-order valence-electron chi connectivity index (χ3n) is 6.38. The second-order valence-electron chi connectivity index (χ2n) is 8.72. The molecular formula is C23H27ClN4O. The molecule has 0 radical (unpaired) electrons. The molecule has 29 heavy (non-hydrogen) atoms. The summed E-state index contributed by atoms with van der Waals surface area (Å²) in [5.41, 5.74) is 2.23. The molecule has 1 amide bonds. The predicted molar refractivity (Wildman–Crippen MR) is 115 cm³/mol. The maximum absolute atomic E-state index is 13.4. The molecule has 1 aliphatic heterocycles. The maximum atomic E-state index is 13.4. The number of hydrogen-bond donors (Lipinski definition) is 0. The number of piperidine rings is 1. The van der Waals surface area contributed by atoms with Crippen LogP contribution in [-0.4, -0.2) is 35.5 Å². The first kappa shape index (κ1) is 18.9. The zero-order valence-electron chi connectivity index (χ0n) is 16.6. The van der Waals surface area contributed by atoms with Gasteiger partial charge in [-0.05, 0) is 80.2 Å². The van der Waals surface area contributed by atoms with Crippen molar-refractivity contribution in [2.24, 2.45) is 11.8 Å². The van der Waals surface area contributed by atoms with E-state index < -0.39 is 0 Å². The number of amides is 1. The summed E-state index contributed by atoms with van der Waals surface area (Å²) in [6, 6.07) is 7.67. The normalized spacial score (nSPS) is 20.0. The third-order valence-corrected chi connectivity index (χ3v) is 6.63. The van der Waals surface area contributed by atoms with Gasteiger partial charge in [0.2, 0.25) is 11.9 Å². The molecule has 0 unspecified atom stereocenters. The van der Waals surface area contributed by atoms with Crippen molar-refractivity contribution in [2.45, 2.75) is 44.4 Å². The number of carbonyl (C=O) groups is 1. The number of carbonyl (C=O) groups excluding carboxylic acids is 1. The van der Waals surface area contributed by atoms with E-state index in [1.54, 1.807) is 0 Å². The molecule has 2 saturated carbocycles. The lowest BCUT2D eigenvalue weighted by Crippen LogP contribution is -2.44. The minimum absolute atomic E-state index is 0.0615.